The van der Waals surface area contributed by atoms with E-state index < -0.39 is 0 Å². The number of hydrogen-bond acceptors (Lipinski definition) is 6. The van der Waals surface area contributed by atoms with Gasteiger partial charge in [-0.3, -0.25) is 0 Å². The first-order chi connectivity index (χ1) is 13.2. The largest absolute Gasteiger partial charge is 0.493 e. The minimum atomic E-state index is 0.370. The Balaban J connectivity index is 1.94. The lowest BCUT2D eigenvalue weighted by molar-refractivity contribution is 0.357. The number of halogens is 1. The fraction of sp³-hybridized carbons (Fsp3) is 0.600. The second kappa shape index (κ2) is 8.17. The van der Waals surface area contributed by atoms with E-state index in [4.69, 9.17) is 31.0 Å². The Hall–Kier alpha value is -1.63. The quantitative estimate of drug-likeness (QED) is 0.835. The molecule has 4 rings (SSSR count). The van der Waals surface area contributed by atoms with E-state index in [-0.39, 0.29) is 0 Å². The van der Waals surface area contributed by atoms with Crippen LogP contribution in [0.1, 0.15) is 49.0 Å². The summed E-state index contributed by atoms with van der Waals surface area (Å²) in [5, 5.41) is 8.36. The van der Waals surface area contributed by atoms with Crippen LogP contribution >= 0.6 is 11.6 Å². The highest BCUT2D eigenvalue weighted by molar-refractivity contribution is 6.35. The van der Waals surface area contributed by atoms with Crippen molar-refractivity contribution in [3.8, 4) is 11.5 Å². The van der Waals surface area contributed by atoms with Crippen LogP contribution in [0.25, 0.3) is 10.9 Å². The van der Waals surface area contributed by atoms with Crippen LogP contribution in [0, 0.1) is 0 Å². The molecule has 0 bridgehead atoms. The van der Waals surface area contributed by atoms with E-state index in [1.807, 2.05) is 0 Å². The lowest BCUT2D eigenvalue weighted by atomic mass is 9.90. The molecule has 2 saturated heterocycles. The monoisotopic (exact) mass is 390 g/mol. The van der Waals surface area contributed by atoms with Crippen LogP contribution in [0.5, 0.6) is 11.5 Å². The summed E-state index contributed by atoms with van der Waals surface area (Å²) in [5.74, 6) is 2.98. The second-order valence-electron chi connectivity index (χ2n) is 7.33. The molecular formula is C20H27ClN4O2. The van der Waals surface area contributed by atoms with Gasteiger partial charge in [0.25, 0.3) is 0 Å². The highest BCUT2D eigenvalue weighted by Crippen LogP contribution is 2.44. The molecule has 0 radical (unpaired) electrons. The molecule has 2 aliphatic rings. The van der Waals surface area contributed by atoms with Gasteiger partial charge in [0.1, 0.15) is 5.82 Å². The molecule has 0 atom stereocenters. The van der Waals surface area contributed by atoms with Gasteiger partial charge < -0.3 is 20.1 Å². The summed E-state index contributed by atoms with van der Waals surface area (Å²) in [6, 6.07) is 1.80. The van der Waals surface area contributed by atoms with Crippen molar-refractivity contribution in [1.82, 2.24) is 20.6 Å². The molecule has 7 heteroatoms. The van der Waals surface area contributed by atoms with Gasteiger partial charge in [-0.2, -0.15) is 0 Å². The summed E-state index contributed by atoms with van der Waals surface area (Å²) in [4.78, 5) is 10.0. The Morgan fingerprint density at radius 2 is 1.56 bits per heavy atom. The third-order valence-electron chi connectivity index (χ3n) is 5.74. The summed E-state index contributed by atoms with van der Waals surface area (Å²) >= 11 is 6.64. The number of ether oxygens (including phenoxy) is 2. The van der Waals surface area contributed by atoms with Crippen molar-refractivity contribution in [1.29, 1.82) is 0 Å². The minimum absolute atomic E-state index is 0.370. The van der Waals surface area contributed by atoms with E-state index in [2.05, 4.69) is 10.6 Å². The number of hydrogen-bond donors (Lipinski definition) is 2. The molecule has 1 aromatic heterocycles. The van der Waals surface area contributed by atoms with E-state index in [1.54, 1.807) is 20.3 Å². The van der Waals surface area contributed by atoms with Crippen LogP contribution < -0.4 is 20.1 Å². The third kappa shape index (κ3) is 3.58. The molecule has 0 amide bonds. The number of nitrogens with zero attached hydrogens (tertiary/aromatic N) is 2. The predicted molar refractivity (Wildman–Crippen MR) is 107 cm³/mol. The smallest absolute Gasteiger partial charge is 0.172 e. The average molecular weight is 391 g/mol. The first-order valence-electron chi connectivity index (χ1n) is 9.76. The summed E-state index contributed by atoms with van der Waals surface area (Å²) in [5.41, 5.74) is 1.85. The highest BCUT2D eigenvalue weighted by Gasteiger charge is 2.28. The molecule has 0 aliphatic carbocycles. The lowest BCUT2D eigenvalue weighted by Gasteiger charge is -2.27. The number of nitrogens with one attached hydrogen (secondary N) is 2. The number of methoxy groups -OCH3 is 2. The Morgan fingerprint density at radius 3 is 2.15 bits per heavy atom. The zero-order chi connectivity index (χ0) is 18.8. The third-order valence-corrected chi connectivity index (χ3v) is 6.03. The molecule has 27 heavy (non-hydrogen) atoms. The van der Waals surface area contributed by atoms with Gasteiger partial charge in [0.2, 0.25) is 0 Å². The molecule has 2 aliphatic heterocycles. The standard InChI is InChI=1S/C20H27ClN4O2/c1-26-15-11-14(21)18-16(19(15)27-2)17(12-3-7-22-8-4-12)24-20(25-18)13-5-9-23-10-6-13/h11-13,22-23H,3-10H2,1-2H3. The minimum Gasteiger partial charge on any atom is -0.493 e. The van der Waals surface area contributed by atoms with E-state index in [9.17, 15) is 0 Å². The van der Waals surface area contributed by atoms with Gasteiger partial charge in [-0.25, -0.2) is 9.97 Å². The van der Waals surface area contributed by atoms with Crippen LogP contribution in [0.15, 0.2) is 6.07 Å². The molecule has 6 nitrogen and oxygen atoms in total. The Bertz CT molecular complexity index is 817. The predicted octanol–water partition coefficient (Wildman–Crippen LogP) is 3.23. The summed E-state index contributed by atoms with van der Waals surface area (Å²) in [6.45, 7) is 4.01. The average Bonchev–Trinajstić information content (AvgIpc) is 2.74. The van der Waals surface area contributed by atoms with Crippen molar-refractivity contribution in [2.24, 2.45) is 0 Å². The molecular weight excluding hydrogens is 364 g/mol. The van der Waals surface area contributed by atoms with Gasteiger partial charge in [0, 0.05) is 17.9 Å². The van der Waals surface area contributed by atoms with Crippen molar-refractivity contribution >= 4 is 22.5 Å². The molecule has 0 spiro atoms. The van der Waals surface area contributed by atoms with Gasteiger partial charge in [-0.1, -0.05) is 11.6 Å². The van der Waals surface area contributed by atoms with Gasteiger partial charge in [-0.15, -0.1) is 0 Å². The Labute approximate surface area is 165 Å². The lowest BCUT2D eigenvalue weighted by Crippen LogP contribution is -2.29. The molecule has 3 heterocycles. The van der Waals surface area contributed by atoms with Gasteiger partial charge in [0.15, 0.2) is 11.5 Å². The van der Waals surface area contributed by atoms with Crippen LogP contribution in [0.3, 0.4) is 0 Å². The van der Waals surface area contributed by atoms with Crippen molar-refractivity contribution in [3.63, 3.8) is 0 Å². The highest BCUT2D eigenvalue weighted by atomic mass is 35.5. The van der Waals surface area contributed by atoms with Gasteiger partial charge >= 0.3 is 0 Å². The van der Waals surface area contributed by atoms with E-state index >= 15 is 0 Å². The summed E-state index contributed by atoms with van der Waals surface area (Å²) in [6.07, 6.45) is 4.22. The number of benzene rings is 1. The van der Waals surface area contributed by atoms with E-state index in [1.165, 1.54) is 0 Å². The topological polar surface area (TPSA) is 68.3 Å². The molecule has 2 N–H and O–H groups in total. The molecule has 1 aromatic carbocycles. The maximum Gasteiger partial charge on any atom is 0.172 e. The first-order valence-corrected chi connectivity index (χ1v) is 10.1. The van der Waals surface area contributed by atoms with E-state index in [0.717, 1.165) is 74.3 Å². The molecule has 2 aromatic rings. The van der Waals surface area contributed by atoms with E-state index in [0.29, 0.717) is 28.4 Å². The van der Waals surface area contributed by atoms with Crippen LogP contribution in [0.2, 0.25) is 5.02 Å². The van der Waals surface area contributed by atoms with Crippen LogP contribution in [-0.2, 0) is 0 Å². The van der Waals surface area contributed by atoms with Gasteiger partial charge in [0.05, 0.1) is 35.8 Å². The summed E-state index contributed by atoms with van der Waals surface area (Å²) < 4.78 is 11.3. The van der Waals surface area contributed by atoms with Crippen molar-refractivity contribution in [2.75, 3.05) is 40.4 Å². The first kappa shape index (κ1) is 18.7. The van der Waals surface area contributed by atoms with Crippen molar-refractivity contribution < 1.29 is 9.47 Å². The maximum atomic E-state index is 6.64. The normalized spacial score (nSPS) is 19.4. The van der Waals surface area contributed by atoms with Crippen LogP contribution in [0.4, 0.5) is 0 Å². The van der Waals surface area contributed by atoms with Crippen molar-refractivity contribution in [3.05, 3.63) is 22.6 Å². The maximum absolute atomic E-state index is 6.64. The molecule has 0 saturated carbocycles. The van der Waals surface area contributed by atoms with Crippen molar-refractivity contribution in [2.45, 2.75) is 37.5 Å². The Kier molecular flexibility index (Phi) is 5.66. The van der Waals surface area contributed by atoms with Crippen LogP contribution in [-0.4, -0.2) is 50.4 Å². The molecule has 146 valence electrons. The number of fused-ring (bicyclic) bond motifs is 1. The number of piperidine rings is 2. The number of rotatable bonds is 4. The number of aromatic nitrogens is 2. The zero-order valence-corrected chi connectivity index (χ0v) is 16.7. The second-order valence-corrected chi connectivity index (χ2v) is 7.74. The van der Waals surface area contributed by atoms with Gasteiger partial charge in [-0.05, 0) is 51.9 Å². The Morgan fingerprint density at radius 1 is 0.926 bits per heavy atom. The molecule has 0 unspecified atom stereocenters. The summed E-state index contributed by atoms with van der Waals surface area (Å²) in [7, 11) is 3.30. The fourth-order valence-electron chi connectivity index (χ4n) is 4.27. The molecule has 2 fully saturated rings. The fourth-order valence-corrected chi connectivity index (χ4v) is 4.51. The zero-order valence-electron chi connectivity index (χ0n) is 16.0. The SMILES string of the molecule is COc1cc(Cl)c2nc(C3CCNCC3)nc(C3CCNCC3)c2c1OC.